The van der Waals surface area contributed by atoms with Crippen molar-refractivity contribution >= 4 is 5.97 Å². The Morgan fingerprint density at radius 3 is 3.00 bits per heavy atom. The molecule has 0 unspecified atom stereocenters. The highest BCUT2D eigenvalue weighted by atomic mass is 16.5. The zero-order valence-electron chi connectivity index (χ0n) is 6.05. The van der Waals surface area contributed by atoms with Crippen molar-refractivity contribution in [2.75, 3.05) is 0 Å². The van der Waals surface area contributed by atoms with Gasteiger partial charge in [-0.05, 0) is 13.3 Å². The molecule has 1 saturated heterocycles. The molecule has 0 radical (unpaired) electrons. The summed E-state index contributed by atoms with van der Waals surface area (Å²) in [7, 11) is 0. The average Bonchev–Trinajstić information content (AvgIpc) is 1.98. The summed E-state index contributed by atoms with van der Waals surface area (Å²) in [5.74, 6) is -0.567. The number of esters is 1. The van der Waals surface area contributed by atoms with Crippen molar-refractivity contribution < 1.29 is 12.3 Å². The SMILES string of the molecule is [2H][C@H]1[C@@H](C)OC(=O)[C@@H]1[2H]. The van der Waals surface area contributed by atoms with Gasteiger partial charge >= 0.3 is 5.97 Å². The molecule has 0 aromatic rings. The highest BCUT2D eigenvalue weighted by Gasteiger charge is 2.17. The van der Waals surface area contributed by atoms with Crippen molar-refractivity contribution in [3.63, 3.8) is 0 Å². The van der Waals surface area contributed by atoms with Crippen LogP contribution in [-0.4, -0.2) is 12.1 Å². The lowest BCUT2D eigenvalue weighted by atomic mass is 10.3. The van der Waals surface area contributed by atoms with Crippen LogP contribution < -0.4 is 0 Å². The summed E-state index contributed by atoms with van der Waals surface area (Å²) in [6.45, 7) is 1.63. The Bertz CT molecular complexity index is 137. The molecule has 0 N–H and O–H groups in total. The fourth-order valence-electron chi connectivity index (χ4n) is 0.476. The van der Waals surface area contributed by atoms with E-state index in [0.29, 0.717) is 0 Å². The predicted molar refractivity (Wildman–Crippen MR) is 24.8 cm³/mol. The molecule has 2 heteroatoms. The Balaban J connectivity index is 2.65. The van der Waals surface area contributed by atoms with Gasteiger partial charge in [0.05, 0.1) is 6.10 Å². The van der Waals surface area contributed by atoms with Crippen molar-refractivity contribution in [3.8, 4) is 0 Å². The molecule has 3 atom stereocenters. The van der Waals surface area contributed by atoms with Crippen LogP contribution >= 0.6 is 0 Å². The molecular weight excluding hydrogens is 92.1 g/mol. The van der Waals surface area contributed by atoms with Crippen LogP contribution in [0.25, 0.3) is 0 Å². The lowest BCUT2D eigenvalue weighted by molar-refractivity contribution is -0.140. The number of carbonyl (C=O) groups excluding carboxylic acids is 1. The second kappa shape index (κ2) is 1.52. The van der Waals surface area contributed by atoms with Crippen LogP contribution in [0, 0.1) is 0 Å². The smallest absolute Gasteiger partial charge is 0.306 e. The first-order valence-corrected chi connectivity index (χ1v) is 2.18. The molecule has 1 heterocycles. The van der Waals surface area contributed by atoms with E-state index in [2.05, 4.69) is 4.74 Å². The molecule has 2 nitrogen and oxygen atoms in total. The Labute approximate surface area is 45.3 Å². The van der Waals surface area contributed by atoms with Crippen molar-refractivity contribution in [1.82, 2.24) is 0 Å². The summed E-state index contributed by atoms with van der Waals surface area (Å²) in [5, 5.41) is 0. The minimum atomic E-state index is -0.986. The molecule has 1 aliphatic rings. The predicted octanol–water partition coefficient (Wildman–Crippen LogP) is 0.712. The maximum absolute atomic E-state index is 10.5. The van der Waals surface area contributed by atoms with Crippen LogP contribution in [0.3, 0.4) is 0 Å². The van der Waals surface area contributed by atoms with Crippen LogP contribution in [-0.2, 0) is 9.53 Å². The first-order valence-electron chi connectivity index (χ1n) is 3.33. The maximum Gasteiger partial charge on any atom is 0.306 e. The molecule has 1 rings (SSSR count). The topological polar surface area (TPSA) is 26.3 Å². The standard InChI is InChI=1S/C5H8O2/c1-4-2-3-5(6)7-4/h4H,2-3H2,1H3/t4-/m1/s1/i2D,3D/t2-,3-,4-. The second-order valence-electron chi connectivity index (χ2n) is 1.50. The Kier molecular flexibility index (Phi) is 0.587. The number of carbonyl (C=O) groups is 1. The molecule has 0 bridgehead atoms. The maximum atomic E-state index is 10.5. The van der Waals surface area contributed by atoms with Crippen LogP contribution in [0.5, 0.6) is 0 Å². The first-order chi connectivity index (χ1) is 4.13. The van der Waals surface area contributed by atoms with Gasteiger partial charge in [-0.1, -0.05) is 0 Å². The quantitative estimate of drug-likeness (QED) is 0.421. The van der Waals surface area contributed by atoms with E-state index in [9.17, 15) is 4.79 Å². The summed E-state index contributed by atoms with van der Waals surface area (Å²) in [6, 6.07) is 0. The van der Waals surface area contributed by atoms with Gasteiger partial charge in [-0.3, -0.25) is 4.79 Å². The number of hydrogen-bond acceptors (Lipinski definition) is 2. The molecule has 0 aromatic heterocycles. The van der Waals surface area contributed by atoms with Gasteiger partial charge in [-0.15, -0.1) is 0 Å². The van der Waals surface area contributed by atoms with Gasteiger partial charge in [0, 0.05) is 9.14 Å². The third-order valence-corrected chi connectivity index (χ3v) is 0.805. The lowest BCUT2D eigenvalue weighted by Crippen LogP contribution is -1.98. The molecule has 1 fully saturated rings. The van der Waals surface area contributed by atoms with E-state index >= 15 is 0 Å². The van der Waals surface area contributed by atoms with E-state index < -0.39 is 24.9 Å². The number of ether oxygens (including phenoxy) is 1. The normalized spacial score (nSPS) is 55.6. The second-order valence-corrected chi connectivity index (χ2v) is 1.50. The molecule has 0 aliphatic carbocycles. The molecule has 0 aromatic carbocycles. The van der Waals surface area contributed by atoms with Crippen LogP contribution in [0.15, 0.2) is 0 Å². The van der Waals surface area contributed by atoms with Gasteiger partial charge < -0.3 is 4.74 Å². The number of cyclic esters (lactones) is 1. The van der Waals surface area contributed by atoms with Crippen LogP contribution in [0.2, 0.25) is 0 Å². The summed E-state index contributed by atoms with van der Waals surface area (Å²) < 4.78 is 18.7. The fraction of sp³-hybridized carbons (Fsp3) is 0.800. The van der Waals surface area contributed by atoms with Crippen molar-refractivity contribution in [2.45, 2.75) is 25.8 Å². The number of rotatable bonds is 0. The third kappa shape index (κ3) is 0.918. The Hall–Kier alpha value is -0.530. The molecule has 40 valence electrons. The summed E-state index contributed by atoms with van der Waals surface area (Å²) >= 11 is 0. The molecule has 1 aliphatic heterocycles. The minimum absolute atomic E-state index is 0.403. The summed E-state index contributed by atoms with van der Waals surface area (Å²) in [6.07, 6.45) is -2.09. The lowest BCUT2D eigenvalue weighted by Gasteiger charge is -1.95. The molecular formula is C5H8O2. The van der Waals surface area contributed by atoms with Gasteiger partial charge in [-0.2, -0.15) is 0 Å². The van der Waals surface area contributed by atoms with Gasteiger partial charge in [0.25, 0.3) is 0 Å². The fourth-order valence-corrected chi connectivity index (χ4v) is 0.476. The van der Waals surface area contributed by atoms with Gasteiger partial charge in [-0.25, -0.2) is 0 Å². The van der Waals surface area contributed by atoms with E-state index in [4.69, 9.17) is 2.74 Å². The van der Waals surface area contributed by atoms with E-state index in [-0.39, 0.29) is 0 Å². The summed E-state index contributed by atoms with van der Waals surface area (Å²) in [4.78, 5) is 10.5. The zero-order chi connectivity index (χ0) is 7.02. The third-order valence-electron chi connectivity index (χ3n) is 0.805. The van der Waals surface area contributed by atoms with Gasteiger partial charge in [0.1, 0.15) is 0 Å². The van der Waals surface area contributed by atoms with Crippen LogP contribution in [0.1, 0.15) is 22.5 Å². The molecule has 0 saturated carbocycles. The minimum Gasteiger partial charge on any atom is -0.463 e. The Morgan fingerprint density at radius 1 is 2.14 bits per heavy atom. The van der Waals surface area contributed by atoms with E-state index in [1.165, 1.54) is 0 Å². The van der Waals surface area contributed by atoms with E-state index in [1.807, 2.05) is 0 Å². The molecule has 7 heavy (non-hydrogen) atoms. The average molecular weight is 102 g/mol. The van der Waals surface area contributed by atoms with Gasteiger partial charge in [0.2, 0.25) is 0 Å². The van der Waals surface area contributed by atoms with E-state index in [0.717, 1.165) is 0 Å². The van der Waals surface area contributed by atoms with E-state index in [1.54, 1.807) is 6.92 Å². The van der Waals surface area contributed by atoms with Crippen molar-refractivity contribution in [1.29, 1.82) is 0 Å². The highest BCUT2D eigenvalue weighted by Crippen LogP contribution is 2.11. The summed E-state index contributed by atoms with van der Waals surface area (Å²) in [5.41, 5.74) is 0. The van der Waals surface area contributed by atoms with Crippen LogP contribution in [0.4, 0.5) is 0 Å². The Morgan fingerprint density at radius 2 is 2.86 bits per heavy atom. The van der Waals surface area contributed by atoms with Gasteiger partial charge in [0.15, 0.2) is 0 Å². The van der Waals surface area contributed by atoms with Crippen molar-refractivity contribution in [2.24, 2.45) is 0 Å². The molecule has 0 spiro atoms. The molecule has 0 amide bonds. The first kappa shape index (κ1) is 2.70. The number of hydrogen-bond donors (Lipinski definition) is 0. The highest BCUT2D eigenvalue weighted by molar-refractivity contribution is 5.71. The zero-order valence-corrected chi connectivity index (χ0v) is 4.05. The van der Waals surface area contributed by atoms with Crippen molar-refractivity contribution in [3.05, 3.63) is 0 Å². The largest absolute Gasteiger partial charge is 0.463 e. The monoisotopic (exact) mass is 102 g/mol.